The molecule has 7 nitrogen and oxygen atoms in total. The van der Waals surface area contributed by atoms with Crippen molar-refractivity contribution >= 4 is 11.8 Å². The molecule has 1 aliphatic carbocycles. The van der Waals surface area contributed by atoms with E-state index in [1.54, 1.807) is 12.7 Å². The van der Waals surface area contributed by atoms with Crippen LogP contribution in [0.3, 0.4) is 0 Å². The molecule has 1 saturated heterocycles. The maximum absolute atomic E-state index is 12.5. The first-order valence-electron chi connectivity index (χ1n) is 8.95. The number of carbonyl (C=O) groups excluding carboxylic acids is 2. The third kappa shape index (κ3) is 3.94. The molecule has 7 heteroatoms. The van der Waals surface area contributed by atoms with Crippen LogP contribution in [-0.2, 0) is 9.59 Å². The minimum atomic E-state index is -0.188. The summed E-state index contributed by atoms with van der Waals surface area (Å²) in [5.74, 6) is 0.401. The Morgan fingerprint density at radius 1 is 1.25 bits per heavy atom. The van der Waals surface area contributed by atoms with Crippen molar-refractivity contribution in [3.05, 3.63) is 12.7 Å². The van der Waals surface area contributed by atoms with Crippen molar-refractivity contribution in [1.29, 1.82) is 0 Å². The predicted molar refractivity (Wildman–Crippen MR) is 89.0 cm³/mol. The smallest absolute Gasteiger partial charge is 0.225 e. The molecule has 0 aromatic carbocycles. The van der Waals surface area contributed by atoms with Gasteiger partial charge in [-0.05, 0) is 31.6 Å². The molecule has 1 aliphatic heterocycles. The van der Waals surface area contributed by atoms with Crippen molar-refractivity contribution in [1.82, 2.24) is 25.0 Å². The molecule has 2 heterocycles. The molecule has 0 unspecified atom stereocenters. The van der Waals surface area contributed by atoms with E-state index >= 15 is 0 Å². The Hall–Kier alpha value is -1.92. The summed E-state index contributed by atoms with van der Waals surface area (Å²) in [7, 11) is 0. The lowest BCUT2D eigenvalue weighted by Gasteiger charge is -2.30. The summed E-state index contributed by atoms with van der Waals surface area (Å²) in [6.07, 6.45) is 7.84. The van der Waals surface area contributed by atoms with Crippen molar-refractivity contribution in [2.75, 3.05) is 13.1 Å². The van der Waals surface area contributed by atoms with Gasteiger partial charge in [0.15, 0.2) is 0 Å². The molecule has 24 heavy (non-hydrogen) atoms. The lowest BCUT2D eigenvalue weighted by atomic mass is 9.90. The van der Waals surface area contributed by atoms with Crippen LogP contribution in [-0.4, -0.2) is 50.6 Å². The Morgan fingerprint density at radius 2 is 1.92 bits per heavy atom. The van der Waals surface area contributed by atoms with Crippen molar-refractivity contribution in [2.45, 2.75) is 58.0 Å². The fourth-order valence-corrected chi connectivity index (χ4v) is 3.80. The van der Waals surface area contributed by atoms with E-state index in [4.69, 9.17) is 0 Å². The number of hydrogen-bond acceptors (Lipinski definition) is 4. The summed E-state index contributed by atoms with van der Waals surface area (Å²) >= 11 is 0. The number of nitrogens with zero attached hydrogens (tertiary/aromatic N) is 4. The van der Waals surface area contributed by atoms with Crippen LogP contribution in [0.4, 0.5) is 0 Å². The standard InChI is InChI=1S/C17H27N5O2/c1-12(2)8-21-9-13(7-16(21)23)17(24)20-14-3-5-15(6-4-14)22-10-18-19-11-22/h10-15H,3-9H2,1-2H3,(H,20,24)/t13-,14?,15?/m0/s1. The predicted octanol–water partition coefficient (Wildman–Crippen LogP) is 1.38. The topological polar surface area (TPSA) is 80.1 Å². The molecule has 1 aromatic rings. The second-order valence-corrected chi connectivity index (χ2v) is 7.52. The number of carbonyl (C=O) groups is 2. The third-order valence-electron chi connectivity index (χ3n) is 5.07. The molecule has 1 aromatic heterocycles. The highest BCUT2D eigenvalue weighted by molar-refractivity contribution is 5.89. The zero-order chi connectivity index (χ0) is 17.1. The van der Waals surface area contributed by atoms with E-state index in [0.717, 1.165) is 32.2 Å². The lowest BCUT2D eigenvalue weighted by molar-refractivity contribution is -0.129. The van der Waals surface area contributed by atoms with E-state index in [9.17, 15) is 9.59 Å². The second-order valence-electron chi connectivity index (χ2n) is 7.52. The number of rotatable bonds is 5. The van der Waals surface area contributed by atoms with Gasteiger partial charge >= 0.3 is 0 Å². The molecule has 0 bridgehead atoms. The Labute approximate surface area is 142 Å². The van der Waals surface area contributed by atoms with Gasteiger partial charge in [0, 0.05) is 31.6 Å². The molecule has 0 radical (unpaired) electrons. The normalized spacial score (nSPS) is 27.7. The molecule has 1 saturated carbocycles. The number of likely N-dealkylation sites (tertiary alicyclic amines) is 1. The van der Waals surface area contributed by atoms with Gasteiger partial charge in [-0.3, -0.25) is 9.59 Å². The minimum Gasteiger partial charge on any atom is -0.353 e. The Bertz CT molecular complexity index is 564. The van der Waals surface area contributed by atoms with Gasteiger partial charge in [0.1, 0.15) is 12.7 Å². The average Bonchev–Trinajstić information content (AvgIpc) is 3.18. The van der Waals surface area contributed by atoms with Gasteiger partial charge in [-0.2, -0.15) is 0 Å². The van der Waals surface area contributed by atoms with Crippen LogP contribution in [0, 0.1) is 11.8 Å². The quantitative estimate of drug-likeness (QED) is 0.883. The SMILES string of the molecule is CC(C)CN1C[C@@H](C(=O)NC2CCC(n3cnnc3)CC2)CC1=O. The van der Waals surface area contributed by atoms with Gasteiger partial charge in [-0.25, -0.2) is 0 Å². The van der Waals surface area contributed by atoms with Crippen LogP contribution >= 0.6 is 0 Å². The van der Waals surface area contributed by atoms with E-state index in [1.807, 2.05) is 4.90 Å². The van der Waals surface area contributed by atoms with E-state index in [0.29, 0.717) is 24.9 Å². The van der Waals surface area contributed by atoms with Gasteiger partial charge in [0.25, 0.3) is 0 Å². The summed E-state index contributed by atoms with van der Waals surface area (Å²) < 4.78 is 2.05. The van der Waals surface area contributed by atoms with Gasteiger partial charge in [0.05, 0.1) is 5.92 Å². The van der Waals surface area contributed by atoms with E-state index in [2.05, 4.69) is 33.9 Å². The highest BCUT2D eigenvalue weighted by Crippen LogP contribution is 2.28. The highest BCUT2D eigenvalue weighted by Gasteiger charge is 2.35. The molecule has 1 N–H and O–H groups in total. The maximum Gasteiger partial charge on any atom is 0.225 e. The molecule has 1 atom stereocenters. The zero-order valence-corrected chi connectivity index (χ0v) is 14.5. The first kappa shape index (κ1) is 16.9. The second kappa shape index (κ2) is 7.32. The van der Waals surface area contributed by atoms with Crippen LogP contribution in [0.15, 0.2) is 12.7 Å². The molecule has 2 amide bonds. The van der Waals surface area contributed by atoms with Crippen LogP contribution in [0.5, 0.6) is 0 Å². The number of nitrogens with one attached hydrogen (secondary N) is 1. The van der Waals surface area contributed by atoms with E-state index in [1.165, 1.54) is 0 Å². The fourth-order valence-electron chi connectivity index (χ4n) is 3.80. The lowest BCUT2D eigenvalue weighted by Crippen LogP contribution is -2.42. The van der Waals surface area contributed by atoms with Crippen molar-refractivity contribution in [3.63, 3.8) is 0 Å². The summed E-state index contributed by atoms with van der Waals surface area (Å²) in [6, 6.07) is 0.655. The molecule has 3 rings (SSSR count). The van der Waals surface area contributed by atoms with Crippen molar-refractivity contribution < 1.29 is 9.59 Å². The first-order valence-corrected chi connectivity index (χ1v) is 8.95. The summed E-state index contributed by atoms with van der Waals surface area (Å²) in [4.78, 5) is 26.3. The minimum absolute atomic E-state index is 0.0438. The molecule has 2 fully saturated rings. The maximum atomic E-state index is 12.5. The van der Waals surface area contributed by atoms with E-state index in [-0.39, 0.29) is 23.8 Å². The van der Waals surface area contributed by atoms with Gasteiger partial charge in [0.2, 0.25) is 11.8 Å². The zero-order valence-electron chi connectivity index (χ0n) is 14.5. The van der Waals surface area contributed by atoms with Crippen LogP contribution < -0.4 is 5.32 Å². The Kier molecular flexibility index (Phi) is 5.16. The summed E-state index contributed by atoms with van der Waals surface area (Å²) in [5.41, 5.74) is 0. The summed E-state index contributed by atoms with van der Waals surface area (Å²) in [6.45, 7) is 5.50. The average molecular weight is 333 g/mol. The number of amides is 2. The van der Waals surface area contributed by atoms with Gasteiger partial charge in [-0.1, -0.05) is 13.8 Å². The van der Waals surface area contributed by atoms with Gasteiger partial charge < -0.3 is 14.8 Å². The van der Waals surface area contributed by atoms with Crippen LogP contribution in [0.2, 0.25) is 0 Å². The fraction of sp³-hybridized carbons (Fsp3) is 0.765. The third-order valence-corrected chi connectivity index (χ3v) is 5.07. The number of hydrogen-bond donors (Lipinski definition) is 1. The van der Waals surface area contributed by atoms with Crippen molar-refractivity contribution in [2.24, 2.45) is 11.8 Å². The molecule has 2 aliphatic rings. The monoisotopic (exact) mass is 333 g/mol. The van der Waals surface area contributed by atoms with Crippen molar-refractivity contribution in [3.8, 4) is 0 Å². The molecule has 132 valence electrons. The highest BCUT2D eigenvalue weighted by atomic mass is 16.2. The Balaban J connectivity index is 1.45. The van der Waals surface area contributed by atoms with E-state index < -0.39 is 0 Å². The largest absolute Gasteiger partial charge is 0.353 e. The number of aromatic nitrogens is 3. The molecular formula is C17H27N5O2. The summed E-state index contributed by atoms with van der Waals surface area (Å²) in [5, 5.41) is 10.9. The molecular weight excluding hydrogens is 306 g/mol. The Morgan fingerprint density at radius 3 is 2.54 bits per heavy atom. The van der Waals surface area contributed by atoms with Gasteiger partial charge in [-0.15, -0.1) is 10.2 Å². The van der Waals surface area contributed by atoms with Crippen LogP contribution in [0.25, 0.3) is 0 Å². The molecule has 0 spiro atoms. The first-order chi connectivity index (χ1) is 11.5. The van der Waals surface area contributed by atoms with Crippen LogP contribution in [0.1, 0.15) is 52.0 Å².